The van der Waals surface area contributed by atoms with Crippen LogP contribution in [0.4, 0.5) is 5.69 Å². The highest BCUT2D eigenvalue weighted by molar-refractivity contribution is 8.00. The van der Waals surface area contributed by atoms with Crippen LogP contribution in [0.3, 0.4) is 0 Å². The van der Waals surface area contributed by atoms with E-state index < -0.39 is 0 Å². The topological polar surface area (TPSA) is 52.4 Å². The van der Waals surface area contributed by atoms with Crippen molar-refractivity contribution >= 4 is 17.4 Å². The van der Waals surface area contributed by atoms with E-state index in [0.29, 0.717) is 5.25 Å². The SMILES string of the molecule is O=[N+]([O-])c1ccc(SC2CCOCC2)cc1. The van der Waals surface area contributed by atoms with E-state index in [-0.39, 0.29) is 10.6 Å². The van der Waals surface area contributed by atoms with Gasteiger partial charge < -0.3 is 4.74 Å². The highest BCUT2D eigenvalue weighted by Crippen LogP contribution is 2.30. The number of hydrogen-bond acceptors (Lipinski definition) is 4. The first kappa shape index (κ1) is 11.4. The minimum atomic E-state index is -0.372. The summed E-state index contributed by atoms with van der Waals surface area (Å²) in [6, 6.07) is 6.75. The molecule has 1 aliphatic heterocycles. The van der Waals surface area contributed by atoms with Gasteiger partial charge in [0.25, 0.3) is 5.69 Å². The lowest BCUT2D eigenvalue weighted by Crippen LogP contribution is -2.17. The average Bonchev–Trinajstić information content (AvgIpc) is 2.31. The molecule has 4 nitrogen and oxygen atoms in total. The molecule has 0 aromatic heterocycles. The van der Waals surface area contributed by atoms with Crippen molar-refractivity contribution in [3.8, 4) is 0 Å². The van der Waals surface area contributed by atoms with Crippen molar-refractivity contribution in [2.75, 3.05) is 13.2 Å². The third-order valence-corrected chi connectivity index (χ3v) is 3.87. The molecule has 0 saturated carbocycles. The Hall–Kier alpha value is -1.07. The number of benzene rings is 1. The van der Waals surface area contributed by atoms with Gasteiger partial charge >= 0.3 is 0 Å². The van der Waals surface area contributed by atoms with Crippen LogP contribution in [-0.4, -0.2) is 23.4 Å². The second-order valence-electron chi connectivity index (χ2n) is 3.68. The molecule has 0 bridgehead atoms. The monoisotopic (exact) mass is 239 g/mol. The molecule has 1 fully saturated rings. The van der Waals surface area contributed by atoms with Crippen LogP contribution in [-0.2, 0) is 4.74 Å². The van der Waals surface area contributed by atoms with Crippen molar-refractivity contribution in [3.05, 3.63) is 34.4 Å². The number of thioether (sulfide) groups is 1. The van der Waals surface area contributed by atoms with Gasteiger partial charge in [-0.25, -0.2) is 0 Å². The normalized spacial score (nSPS) is 17.2. The molecule has 5 heteroatoms. The van der Waals surface area contributed by atoms with Gasteiger partial charge in [-0.2, -0.15) is 0 Å². The number of nitro groups is 1. The number of hydrogen-bond donors (Lipinski definition) is 0. The zero-order valence-electron chi connectivity index (χ0n) is 8.80. The van der Waals surface area contributed by atoms with Crippen LogP contribution >= 0.6 is 11.8 Å². The lowest BCUT2D eigenvalue weighted by Gasteiger charge is -2.21. The molecule has 0 aliphatic carbocycles. The van der Waals surface area contributed by atoms with Crippen LogP contribution in [0.15, 0.2) is 29.2 Å². The molecular formula is C11H13NO3S. The molecule has 16 heavy (non-hydrogen) atoms. The van der Waals surface area contributed by atoms with E-state index in [9.17, 15) is 10.1 Å². The van der Waals surface area contributed by atoms with Crippen LogP contribution in [0, 0.1) is 10.1 Å². The van der Waals surface area contributed by atoms with E-state index in [1.54, 1.807) is 23.9 Å². The lowest BCUT2D eigenvalue weighted by molar-refractivity contribution is -0.384. The molecule has 0 amide bonds. The smallest absolute Gasteiger partial charge is 0.269 e. The van der Waals surface area contributed by atoms with E-state index in [1.807, 2.05) is 12.1 Å². The Morgan fingerprint density at radius 1 is 1.25 bits per heavy atom. The van der Waals surface area contributed by atoms with Crippen molar-refractivity contribution < 1.29 is 9.66 Å². The van der Waals surface area contributed by atoms with Crippen LogP contribution in [0.5, 0.6) is 0 Å². The fraction of sp³-hybridized carbons (Fsp3) is 0.455. The van der Waals surface area contributed by atoms with Gasteiger partial charge in [0.05, 0.1) is 4.92 Å². The van der Waals surface area contributed by atoms with Gasteiger partial charge in [-0.15, -0.1) is 11.8 Å². The quantitative estimate of drug-likeness (QED) is 0.601. The summed E-state index contributed by atoms with van der Waals surface area (Å²) in [7, 11) is 0. The summed E-state index contributed by atoms with van der Waals surface area (Å²) >= 11 is 1.78. The largest absolute Gasteiger partial charge is 0.381 e. The lowest BCUT2D eigenvalue weighted by atomic mass is 10.2. The minimum Gasteiger partial charge on any atom is -0.381 e. The maximum atomic E-state index is 10.5. The van der Waals surface area contributed by atoms with Gasteiger partial charge in [0.1, 0.15) is 0 Å². The molecule has 2 rings (SSSR count). The highest BCUT2D eigenvalue weighted by atomic mass is 32.2. The predicted molar refractivity (Wildman–Crippen MR) is 62.8 cm³/mol. The maximum absolute atomic E-state index is 10.5. The molecule has 1 heterocycles. The third kappa shape index (κ3) is 2.96. The Morgan fingerprint density at radius 3 is 2.44 bits per heavy atom. The van der Waals surface area contributed by atoms with Crippen molar-refractivity contribution in [1.82, 2.24) is 0 Å². The molecule has 1 saturated heterocycles. The highest BCUT2D eigenvalue weighted by Gasteiger charge is 2.15. The van der Waals surface area contributed by atoms with Gasteiger partial charge in [-0.3, -0.25) is 10.1 Å². The number of nitro benzene ring substituents is 1. The van der Waals surface area contributed by atoms with Gasteiger partial charge in [0.2, 0.25) is 0 Å². The van der Waals surface area contributed by atoms with Crippen LogP contribution in [0.25, 0.3) is 0 Å². The second kappa shape index (κ2) is 5.32. The first-order valence-electron chi connectivity index (χ1n) is 5.24. The molecule has 1 aromatic rings. The average molecular weight is 239 g/mol. The Kier molecular flexibility index (Phi) is 3.79. The summed E-state index contributed by atoms with van der Waals surface area (Å²) in [6.45, 7) is 1.65. The van der Waals surface area contributed by atoms with E-state index in [4.69, 9.17) is 4.74 Å². The van der Waals surface area contributed by atoms with E-state index in [0.717, 1.165) is 31.0 Å². The Labute approximate surface area is 98.1 Å². The fourth-order valence-corrected chi connectivity index (χ4v) is 2.74. The molecule has 86 valence electrons. The number of nitrogens with zero attached hydrogens (tertiary/aromatic N) is 1. The Balaban J connectivity index is 1.96. The summed E-state index contributed by atoms with van der Waals surface area (Å²) in [4.78, 5) is 11.2. The van der Waals surface area contributed by atoms with Crippen LogP contribution in [0.2, 0.25) is 0 Å². The van der Waals surface area contributed by atoms with Crippen molar-refractivity contribution in [2.45, 2.75) is 23.0 Å². The van der Waals surface area contributed by atoms with Crippen LogP contribution in [0.1, 0.15) is 12.8 Å². The minimum absolute atomic E-state index is 0.149. The van der Waals surface area contributed by atoms with Crippen molar-refractivity contribution in [2.24, 2.45) is 0 Å². The standard InChI is InChI=1S/C11H13NO3S/c13-12(14)9-1-3-10(4-2-9)16-11-5-7-15-8-6-11/h1-4,11H,5-8H2. The number of ether oxygens (including phenoxy) is 1. The van der Waals surface area contributed by atoms with Gasteiger partial charge in [-0.1, -0.05) is 0 Å². The second-order valence-corrected chi connectivity index (χ2v) is 5.05. The summed E-state index contributed by atoms with van der Waals surface area (Å²) in [5, 5.41) is 11.1. The maximum Gasteiger partial charge on any atom is 0.269 e. The van der Waals surface area contributed by atoms with Gasteiger partial charge in [0, 0.05) is 35.5 Å². The first-order chi connectivity index (χ1) is 7.75. The summed E-state index contributed by atoms with van der Waals surface area (Å²) in [5.41, 5.74) is 0.149. The third-order valence-electron chi connectivity index (χ3n) is 2.52. The van der Waals surface area contributed by atoms with E-state index in [1.165, 1.54) is 0 Å². The summed E-state index contributed by atoms with van der Waals surface area (Å²) in [6.07, 6.45) is 2.11. The first-order valence-corrected chi connectivity index (χ1v) is 6.12. The number of non-ortho nitro benzene ring substituents is 1. The molecule has 0 radical (unpaired) electrons. The van der Waals surface area contributed by atoms with Crippen LogP contribution < -0.4 is 0 Å². The molecular weight excluding hydrogens is 226 g/mol. The molecule has 0 spiro atoms. The Morgan fingerprint density at radius 2 is 1.88 bits per heavy atom. The zero-order valence-corrected chi connectivity index (χ0v) is 9.61. The van der Waals surface area contributed by atoms with Crippen molar-refractivity contribution in [3.63, 3.8) is 0 Å². The van der Waals surface area contributed by atoms with Gasteiger partial charge in [-0.05, 0) is 25.0 Å². The summed E-state index contributed by atoms with van der Waals surface area (Å²) < 4.78 is 5.29. The Bertz CT molecular complexity index is 360. The molecule has 1 aliphatic rings. The fourth-order valence-electron chi connectivity index (χ4n) is 1.63. The predicted octanol–water partition coefficient (Wildman–Crippen LogP) is 2.87. The zero-order chi connectivity index (χ0) is 11.4. The molecule has 0 unspecified atom stereocenters. The van der Waals surface area contributed by atoms with E-state index >= 15 is 0 Å². The van der Waals surface area contributed by atoms with Gasteiger partial charge in [0.15, 0.2) is 0 Å². The molecule has 0 atom stereocenters. The molecule has 1 aromatic carbocycles. The molecule has 0 N–H and O–H groups in total. The summed E-state index contributed by atoms with van der Waals surface area (Å²) in [5.74, 6) is 0. The van der Waals surface area contributed by atoms with Crippen molar-refractivity contribution in [1.29, 1.82) is 0 Å². The number of rotatable bonds is 3. The van der Waals surface area contributed by atoms with E-state index in [2.05, 4.69) is 0 Å².